The van der Waals surface area contributed by atoms with Crippen LogP contribution in [0.5, 0.6) is 5.75 Å². The van der Waals surface area contributed by atoms with Crippen LogP contribution in [0.1, 0.15) is 6.92 Å². The lowest BCUT2D eigenvalue weighted by Gasteiger charge is -2.11. The van der Waals surface area contributed by atoms with Crippen LogP contribution in [0.15, 0.2) is 30.5 Å². The second-order valence-electron chi connectivity index (χ2n) is 3.87. The highest BCUT2D eigenvalue weighted by Gasteiger charge is 2.04. The number of pyridine rings is 1. The first-order valence-electron chi connectivity index (χ1n) is 6.09. The first-order chi connectivity index (χ1) is 8.85. The highest BCUT2D eigenvalue weighted by molar-refractivity contribution is 5.91. The van der Waals surface area contributed by atoms with E-state index in [2.05, 4.69) is 10.3 Å². The van der Waals surface area contributed by atoms with Gasteiger partial charge in [-0.1, -0.05) is 6.07 Å². The van der Waals surface area contributed by atoms with Crippen molar-refractivity contribution < 1.29 is 9.47 Å². The van der Waals surface area contributed by atoms with Gasteiger partial charge in [0, 0.05) is 30.8 Å². The number of rotatable bonds is 6. The number of hydrogen-bond acceptors (Lipinski definition) is 4. The van der Waals surface area contributed by atoms with Crippen molar-refractivity contribution in [1.82, 2.24) is 4.98 Å². The van der Waals surface area contributed by atoms with E-state index in [4.69, 9.17) is 9.47 Å². The summed E-state index contributed by atoms with van der Waals surface area (Å²) in [7, 11) is 1.67. The molecule has 0 saturated heterocycles. The molecule has 0 radical (unpaired) electrons. The maximum Gasteiger partial charge on any atom is 0.121 e. The zero-order valence-electron chi connectivity index (χ0n) is 10.8. The lowest BCUT2D eigenvalue weighted by molar-refractivity contribution is 0.158. The zero-order chi connectivity index (χ0) is 12.8. The van der Waals surface area contributed by atoms with Gasteiger partial charge in [-0.3, -0.25) is 4.98 Å². The number of aromatic nitrogens is 1. The Morgan fingerprint density at radius 3 is 3.00 bits per heavy atom. The van der Waals surface area contributed by atoms with Crippen molar-refractivity contribution in [2.24, 2.45) is 0 Å². The number of anilines is 1. The van der Waals surface area contributed by atoms with Gasteiger partial charge >= 0.3 is 0 Å². The van der Waals surface area contributed by atoms with Crippen LogP contribution in [0.2, 0.25) is 0 Å². The fraction of sp³-hybridized carbons (Fsp3) is 0.357. The SMILES string of the molecule is CCOCCNc1cc(OC)cc2cccnc12. The Labute approximate surface area is 107 Å². The molecule has 1 aromatic carbocycles. The van der Waals surface area contributed by atoms with Crippen LogP contribution >= 0.6 is 0 Å². The Hall–Kier alpha value is -1.81. The number of benzene rings is 1. The number of hydrogen-bond donors (Lipinski definition) is 1. The van der Waals surface area contributed by atoms with E-state index in [-0.39, 0.29) is 0 Å². The van der Waals surface area contributed by atoms with Crippen molar-refractivity contribution in [3.05, 3.63) is 30.5 Å². The van der Waals surface area contributed by atoms with Gasteiger partial charge in [0.2, 0.25) is 0 Å². The van der Waals surface area contributed by atoms with Gasteiger partial charge in [0.15, 0.2) is 0 Å². The number of fused-ring (bicyclic) bond motifs is 1. The van der Waals surface area contributed by atoms with Gasteiger partial charge in [-0.15, -0.1) is 0 Å². The minimum absolute atomic E-state index is 0.683. The molecule has 0 saturated carbocycles. The average molecular weight is 246 g/mol. The molecule has 0 atom stereocenters. The van der Waals surface area contributed by atoms with E-state index in [0.29, 0.717) is 6.61 Å². The number of methoxy groups -OCH3 is 1. The molecule has 0 fully saturated rings. The lowest BCUT2D eigenvalue weighted by Crippen LogP contribution is -2.09. The standard InChI is InChI=1S/C14H18N2O2/c1-3-18-8-7-15-13-10-12(17-2)9-11-5-4-6-16-14(11)13/h4-6,9-10,15H,3,7-8H2,1-2H3. The molecule has 0 aliphatic rings. The zero-order valence-corrected chi connectivity index (χ0v) is 10.8. The quantitative estimate of drug-likeness (QED) is 0.796. The van der Waals surface area contributed by atoms with E-state index in [1.165, 1.54) is 0 Å². The molecule has 4 nitrogen and oxygen atoms in total. The molecule has 0 spiro atoms. The largest absolute Gasteiger partial charge is 0.497 e. The predicted octanol–water partition coefficient (Wildman–Crippen LogP) is 2.69. The Balaban J connectivity index is 2.23. The molecule has 4 heteroatoms. The second kappa shape index (κ2) is 6.21. The Kier molecular flexibility index (Phi) is 4.36. The smallest absolute Gasteiger partial charge is 0.121 e. The van der Waals surface area contributed by atoms with Crippen LogP contribution in [-0.2, 0) is 4.74 Å². The van der Waals surface area contributed by atoms with Crippen LogP contribution in [0, 0.1) is 0 Å². The summed E-state index contributed by atoms with van der Waals surface area (Å²) in [5, 5.41) is 4.40. The highest BCUT2D eigenvalue weighted by Crippen LogP contribution is 2.27. The van der Waals surface area contributed by atoms with Crippen LogP contribution < -0.4 is 10.1 Å². The fourth-order valence-corrected chi connectivity index (χ4v) is 1.82. The molecule has 0 unspecified atom stereocenters. The van der Waals surface area contributed by atoms with Crippen molar-refractivity contribution >= 4 is 16.6 Å². The minimum atomic E-state index is 0.683. The van der Waals surface area contributed by atoms with Gasteiger partial charge in [-0.2, -0.15) is 0 Å². The summed E-state index contributed by atoms with van der Waals surface area (Å²) in [6.07, 6.45) is 1.79. The third-order valence-electron chi connectivity index (χ3n) is 2.68. The molecule has 0 amide bonds. The number of nitrogens with one attached hydrogen (secondary N) is 1. The van der Waals surface area contributed by atoms with E-state index < -0.39 is 0 Å². The van der Waals surface area contributed by atoms with Gasteiger partial charge in [0.25, 0.3) is 0 Å². The van der Waals surface area contributed by atoms with E-state index in [1.54, 1.807) is 13.3 Å². The molecule has 96 valence electrons. The fourth-order valence-electron chi connectivity index (χ4n) is 1.82. The van der Waals surface area contributed by atoms with Crippen molar-refractivity contribution in [3.8, 4) is 5.75 Å². The van der Waals surface area contributed by atoms with E-state index in [0.717, 1.165) is 35.5 Å². The summed E-state index contributed by atoms with van der Waals surface area (Å²) < 4.78 is 10.6. The molecule has 0 bridgehead atoms. The van der Waals surface area contributed by atoms with Gasteiger partial charge in [0.1, 0.15) is 5.75 Å². The van der Waals surface area contributed by atoms with Crippen molar-refractivity contribution in [2.75, 3.05) is 32.2 Å². The topological polar surface area (TPSA) is 43.4 Å². The highest BCUT2D eigenvalue weighted by atomic mass is 16.5. The molecule has 18 heavy (non-hydrogen) atoms. The van der Waals surface area contributed by atoms with Crippen molar-refractivity contribution in [1.29, 1.82) is 0 Å². The molecular weight excluding hydrogens is 228 g/mol. The van der Waals surface area contributed by atoms with E-state index in [1.807, 2.05) is 31.2 Å². The molecule has 1 N–H and O–H groups in total. The van der Waals surface area contributed by atoms with Crippen molar-refractivity contribution in [3.63, 3.8) is 0 Å². The van der Waals surface area contributed by atoms with E-state index in [9.17, 15) is 0 Å². The monoisotopic (exact) mass is 246 g/mol. The third-order valence-corrected chi connectivity index (χ3v) is 2.68. The van der Waals surface area contributed by atoms with Crippen LogP contribution in [0.4, 0.5) is 5.69 Å². The molecule has 1 aromatic heterocycles. The summed E-state index contributed by atoms with van der Waals surface area (Å²) in [5.41, 5.74) is 1.93. The average Bonchev–Trinajstić information content (AvgIpc) is 2.43. The summed E-state index contributed by atoms with van der Waals surface area (Å²) >= 11 is 0. The van der Waals surface area contributed by atoms with Crippen molar-refractivity contribution in [2.45, 2.75) is 6.92 Å². The lowest BCUT2D eigenvalue weighted by atomic mass is 10.2. The number of nitrogens with zero attached hydrogens (tertiary/aromatic N) is 1. The molecule has 0 aliphatic carbocycles. The molecule has 1 heterocycles. The molecule has 2 rings (SSSR count). The van der Waals surface area contributed by atoms with Gasteiger partial charge in [0.05, 0.1) is 24.9 Å². The van der Waals surface area contributed by atoms with Gasteiger partial charge in [-0.05, 0) is 19.1 Å². The minimum Gasteiger partial charge on any atom is -0.497 e. The maximum atomic E-state index is 5.31. The van der Waals surface area contributed by atoms with Crippen LogP contribution in [-0.4, -0.2) is 31.9 Å². The Morgan fingerprint density at radius 1 is 1.33 bits per heavy atom. The first-order valence-corrected chi connectivity index (χ1v) is 6.09. The Morgan fingerprint density at radius 2 is 2.22 bits per heavy atom. The summed E-state index contributed by atoms with van der Waals surface area (Å²) in [4.78, 5) is 4.40. The maximum absolute atomic E-state index is 5.31. The van der Waals surface area contributed by atoms with Gasteiger partial charge < -0.3 is 14.8 Å². The number of ether oxygens (including phenoxy) is 2. The van der Waals surface area contributed by atoms with E-state index >= 15 is 0 Å². The van der Waals surface area contributed by atoms with Crippen LogP contribution in [0.3, 0.4) is 0 Å². The van der Waals surface area contributed by atoms with Gasteiger partial charge in [-0.25, -0.2) is 0 Å². The second-order valence-corrected chi connectivity index (χ2v) is 3.87. The normalized spacial score (nSPS) is 10.6. The summed E-state index contributed by atoms with van der Waals surface area (Å²) in [6.45, 7) is 4.16. The predicted molar refractivity (Wildman–Crippen MR) is 73.3 cm³/mol. The summed E-state index contributed by atoms with van der Waals surface area (Å²) in [6, 6.07) is 7.89. The first kappa shape index (κ1) is 12.6. The third kappa shape index (κ3) is 2.90. The summed E-state index contributed by atoms with van der Waals surface area (Å²) in [5.74, 6) is 0.828. The molecule has 2 aromatic rings. The Bertz CT molecular complexity index is 514. The molecule has 0 aliphatic heterocycles. The molecular formula is C14H18N2O2. The van der Waals surface area contributed by atoms with Crippen LogP contribution in [0.25, 0.3) is 10.9 Å².